The number of rotatable bonds is 6. The number of alkyl halides is 3. The Balaban J connectivity index is 1.55. The number of hydrogen-bond donors (Lipinski definition) is 1. The fourth-order valence-corrected chi connectivity index (χ4v) is 4.51. The second kappa shape index (κ2) is 9.64. The van der Waals surface area contributed by atoms with Gasteiger partial charge in [-0.05, 0) is 22.0 Å². The van der Waals surface area contributed by atoms with Crippen molar-refractivity contribution in [3.05, 3.63) is 45.4 Å². The Bertz CT molecular complexity index is 1220. The first-order chi connectivity index (χ1) is 16.7. The Morgan fingerprint density at radius 3 is 2.51 bits per heavy atom. The van der Waals surface area contributed by atoms with Crippen molar-refractivity contribution in [3.63, 3.8) is 0 Å². The number of methoxy groups -OCH3 is 2. The van der Waals surface area contributed by atoms with Crippen LogP contribution < -0.4 is 24.4 Å². The predicted octanol–water partition coefficient (Wildman–Crippen LogP) is 4.43. The van der Waals surface area contributed by atoms with Gasteiger partial charge in [0.1, 0.15) is 0 Å². The lowest BCUT2D eigenvalue weighted by atomic mass is 9.92. The molecule has 35 heavy (non-hydrogen) atoms. The molecule has 4 rings (SSSR count). The maximum atomic E-state index is 13.1. The summed E-state index contributed by atoms with van der Waals surface area (Å²) in [6.07, 6.45) is -4.42. The van der Waals surface area contributed by atoms with Crippen LogP contribution in [0.1, 0.15) is 29.7 Å². The summed E-state index contributed by atoms with van der Waals surface area (Å²) in [4.78, 5) is 18.2. The van der Waals surface area contributed by atoms with Gasteiger partial charge in [0.15, 0.2) is 23.3 Å². The molecule has 2 aromatic carbocycles. The zero-order chi connectivity index (χ0) is 25.3. The van der Waals surface area contributed by atoms with Crippen LogP contribution in [0.5, 0.6) is 23.0 Å². The van der Waals surface area contributed by atoms with Gasteiger partial charge in [-0.15, -0.1) is 0 Å². The molecule has 0 bridgehead atoms. The Labute approximate surface area is 205 Å². The lowest BCUT2D eigenvalue weighted by Gasteiger charge is -2.21. The van der Waals surface area contributed by atoms with Gasteiger partial charge >= 0.3 is 6.18 Å². The minimum atomic E-state index is -4.56. The molecule has 2 unspecified atom stereocenters. The summed E-state index contributed by atoms with van der Waals surface area (Å²) < 4.78 is 61.9. The monoisotopic (exact) mass is 557 g/mol. The van der Waals surface area contributed by atoms with E-state index in [0.717, 1.165) is 12.3 Å². The van der Waals surface area contributed by atoms with E-state index in [2.05, 4.69) is 31.6 Å². The first kappa shape index (κ1) is 24.6. The number of carbonyl (C=O) groups is 1. The van der Waals surface area contributed by atoms with Crippen LogP contribution in [0.2, 0.25) is 0 Å². The first-order valence-corrected chi connectivity index (χ1v) is 10.9. The summed E-state index contributed by atoms with van der Waals surface area (Å²) in [5, 5.41) is 7.55. The van der Waals surface area contributed by atoms with Crippen LogP contribution in [-0.4, -0.2) is 38.8 Å². The van der Waals surface area contributed by atoms with Crippen LogP contribution in [0, 0.1) is 5.92 Å². The van der Waals surface area contributed by atoms with Crippen molar-refractivity contribution in [2.45, 2.75) is 19.2 Å². The number of benzene rings is 2. The molecule has 2 aromatic rings. The lowest BCUT2D eigenvalue weighted by Crippen LogP contribution is -2.31. The van der Waals surface area contributed by atoms with E-state index in [4.69, 9.17) is 23.8 Å². The Morgan fingerprint density at radius 2 is 1.86 bits per heavy atom. The van der Waals surface area contributed by atoms with Gasteiger partial charge in [0.05, 0.1) is 42.0 Å². The Morgan fingerprint density at radius 1 is 1.20 bits per heavy atom. The topological polar surface area (TPSA) is 100.0 Å². The predicted molar refractivity (Wildman–Crippen MR) is 121 cm³/mol. The maximum Gasteiger partial charge on any atom is 0.417 e. The number of amides is 1. The van der Waals surface area contributed by atoms with E-state index >= 15 is 0 Å². The number of nitrogens with one attached hydrogen (secondary N) is 1. The van der Waals surface area contributed by atoms with Gasteiger partial charge in [0.25, 0.3) is 5.91 Å². The minimum absolute atomic E-state index is 0.0122. The van der Waals surface area contributed by atoms with Crippen LogP contribution >= 0.6 is 15.9 Å². The average Bonchev–Trinajstić information content (AvgIpc) is 3.45. The second-order valence-electron chi connectivity index (χ2n) is 7.43. The molecule has 0 aromatic heterocycles. The summed E-state index contributed by atoms with van der Waals surface area (Å²) in [7, 11) is 2.91. The van der Waals surface area contributed by atoms with Crippen LogP contribution in [0.25, 0.3) is 0 Å². The number of hydrogen-bond acceptors (Lipinski definition) is 8. The van der Waals surface area contributed by atoms with Crippen LogP contribution in [0.3, 0.4) is 0 Å². The molecule has 0 radical (unpaired) electrons. The smallest absolute Gasteiger partial charge is 0.417 e. The van der Waals surface area contributed by atoms with Gasteiger partial charge in [0.2, 0.25) is 18.3 Å². The molecular weight excluding hydrogens is 539 g/mol. The highest BCUT2D eigenvalue weighted by Crippen LogP contribution is 2.57. The van der Waals surface area contributed by atoms with Crippen LogP contribution in [-0.2, 0) is 15.8 Å². The normalized spacial score (nSPS) is 18.9. The van der Waals surface area contributed by atoms with Crippen molar-refractivity contribution in [2.75, 3.05) is 21.0 Å². The first-order valence-electron chi connectivity index (χ1n) is 10.1. The van der Waals surface area contributed by atoms with Crippen molar-refractivity contribution in [2.24, 2.45) is 16.2 Å². The van der Waals surface area contributed by atoms with Gasteiger partial charge < -0.3 is 23.8 Å². The van der Waals surface area contributed by atoms with E-state index in [1.807, 2.05) is 0 Å². The number of oxime groups is 1. The van der Waals surface area contributed by atoms with E-state index < -0.39 is 29.7 Å². The van der Waals surface area contributed by atoms with Gasteiger partial charge in [-0.25, -0.2) is 5.43 Å². The second-order valence-corrected chi connectivity index (χ2v) is 8.23. The number of carbonyl (C=O) groups excluding carboxylic acids is 1. The van der Waals surface area contributed by atoms with Gasteiger partial charge in [-0.3, -0.25) is 4.79 Å². The number of halogens is 4. The number of hydrazone groups is 1. The molecule has 1 amide bonds. The molecule has 2 heterocycles. The van der Waals surface area contributed by atoms with Crippen molar-refractivity contribution in [3.8, 4) is 23.0 Å². The number of nitrogens with zero attached hydrogens (tertiary/aromatic N) is 2. The third kappa shape index (κ3) is 4.47. The molecule has 2 aliphatic heterocycles. The number of ether oxygens (including phenoxy) is 4. The molecule has 2 aliphatic rings. The van der Waals surface area contributed by atoms with Crippen LogP contribution in [0.15, 0.2) is 39.0 Å². The third-order valence-corrected chi connectivity index (χ3v) is 6.20. The summed E-state index contributed by atoms with van der Waals surface area (Å²) >= 11 is 3.48. The van der Waals surface area contributed by atoms with E-state index in [1.165, 1.54) is 32.4 Å². The molecule has 0 saturated carbocycles. The highest BCUT2D eigenvalue weighted by molar-refractivity contribution is 9.10. The van der Waals surface area contributed by atoms with Gasteiger partial charge in [-0.2, -0.15) is 18.3 Å². The minimum Gasteiger partial charge on any atom is -0.492 e. The van der Waals surface area contributed by atoms with E-state index in [9.17, 15) is 18.0 Å². The third-order valence-electron chi connectivity index (χ3n) is 5.42. The van der Waals surface area contributed by atoms with Gasteiger partial charge in [-0.1, -0.05) is 30.3 Å². The SMILES string of the molecule is COc1c(Br)c(C2ON=C(C(=O)N/N=C/c3ccccc3C(F)(F)F)C2C)c(OC)c2c1OCO2. The van der Waals surface area contributed by atoms with E-state index in [0.29, 0.717) is 33.0 Å². The zero-order valence-corrected chi connectivity index (χ0v) is 20.2. The largest absolute Gasteiger partial charge is 0.492 e. The molecular formula is C22H19BrF3N3O6. The molecule has 186 valence electrons. The lowest BCUT2D eigenvalue weighted by molar-refractivity contribution is -0.137. The fraction of sp³-hybridized carbons (Fsp3) is 0.318. The molecule has 0 aliphatic carbocycles. The molecule has 0 saturated heterocycles. The molecule has 1 N–H and O–H groups in total. The zero-order valence-electron chi connectivity index (χ0n) is 18.6. The molecule has 2 atom stereocenters. The van der Waals surface area contributed by atoms with Crippen molar-refractivity contribution in [1.29, 1.82) is 0 Å². The molecule has 9 nitrogen and oxygen atoms in total. The average molecular weight is 558 g/mol. The highest BCUT2D eigenvalue weighted by Gasteiger charge is 2.42. The molecule has 0 fully saturated rings. The summed E-state index contributed by atoms with van der Waals surface area (Å²) in [6, 6.07) is 4.87. The standard InChI is InChI=1S/C22H19BrF3N3O6/c1-10-15(21(30)28-27-8-11-6-4-5-7-12(11)22(24,25)26)29-35-16(10)13-14(23)18(32-3)20-19(17(13)31-2)33-9-34-20/h4-8,10,16H,9H2,1-3H3,(H,28,30)/b27-8+. The van der Waals surface area contributed by atoms with Crippen molar-refractivity contribution < 1.29 is 41.8 Å². The van der Waals surface area contributed by atoms with Crippen molar-refractivity contribution in [1.82, 2.24) is 5.43 Å². The Hall–Kier alpha value is -3.48. The van der Waals surface area contributed by atoms with Crippen molar-refractivity contribution >= 4 is 33.8 Å². The molecule has 0 spiro atoms. The highest BCUT2D eigenvalue weighted by atomic mass is 79.9. The summed E-state index contributed by atoms with van der Waals surface area (Å²) in [5.41, 5.74) is 1.60. The summed E-state index contributed by atoms with van der Waals surface area (Å²) in [6.45, 7) is 1.67. The van der Waals surface area contributed by atoms with Crippen LogP contribution in [0.4, 0.5) is 13.2 Å². The fourth-order valence-electron chi connectivity index (χ4n) is 3.77. The molecule has 13 heteroatoms. The van der Waals surface area contributed by atoms with E-state index in [1.54, 1.807) is 6.92 Å². The van der Waals surface area contributed by atoms with E-state index in [-0.39, 0.29) is 18.1 Å². The number of fused-ring (bicyclic) bond motifs is 1. The maximum absolute atomic E-state index is 13.1. The summed E-state index contributed by atoms with van der Waals surface area (Å²) in [5.74, 6) is 0.0317. The quantitative estimate of drug-likeness (QED) is 0.416. The Kier molecular flexibility index (Phi) is 6.79. The van der Waals surface area contributed by atoms with Gasteiger partial charge in [0, 0.05) is 5.56 Å².